The maximum atomic E-state index is 13.2. The molecule has 5 heteroatoms. The van der Waals surface area contributed by atoms with Gasteiger partial charge in [-0.1, -0.05) is 0 Å². The lowest BCUT2D eigenvalue weighted by Gasteiger charge is -2.28. The molecule has 0 bridgehead atoms. The second-order valence-electron chi connectivity index (χ2n) is 4.37. The van der Waals surface area contributed by atoms with Crippen molar-refractivity contribution in [1.82, 2.24) is 4.98 Å². The number of aliphatic hydroxyl groups excluding tert-OH is 1. The molecule has 1 aliphatic heterocycles. The molecule has 1 aromatic carbocycles. The molecule has 0 fully saturated rings. The van der Waals surface area contributed by atoms with E-state index in [0.29, 0.717) is 17.7 Å². The zero-order chi connectivity index (χ0) is 12.7. The maximum absolute atomic E-state index is 13.2. The molecule has 94 valence electrons. The minimum absolute atomic E-state index is 0.298. The molecular weight excluding hydrogens is 253 g/mol. The molecule has 2 heterocycles. The summed E-state index contributed by atoms with van der Waals surface area (Å²) in [6.45, 7) is 1.91. The molecule has 0 radical (unpaired) electrons. The molecule has 18 heavy (non-hydrogen) atoms. The molecule has 1 N–H and O–H groups in total. The lowest BCUT2D eigenvalue weighted by Crippen LogP contribution is -2.19. The number of fused-ring (bicyclic) bond motifs is 1. The fraction of sp³-hybridized carbons (Fsp3) is 0.308. The minimum atomic E-state index is -0.636. The van der Waals surface area contributed by atoms with Crippen LogP contribution in [-0.4, -0.2) is 10.1 Å². The molecule has 0 saturated carbocycles. The van der Waals surface area contributed by atoms with Crippen LogP contribution < -0.4 is 4.74 Å². The van der Waals surface area contributed by atoms with Crippen LogP contribution in [0.25, 0.3) is 0 Å². The van der Waals surface area contributed by atoms with Gasteiger partial charge in [0.2, 0.25) is 0 Å². The van der Waals surface area contributed by atoms with E-state index in [9.17, 15) is 9.50 Å². The first-order valence-corrected chi connectivity index (χ1v) is 6.57. The van der Waals surface area contributed by atoms with Crippen molar-refractivity contribution < 1.29 is 14.2 Å². The molecule has 0 saturated heterocycles. The van der Waals surface area contributed by atoms with Crippen LogP contribution in [0.5, 0.6) is 5.75 Å². The highest BCUT2D eigenvalue weighted by atomic mass is 32.1. The van der Waals surface area contributed by atoms with E-state index in [4.69, 9.17) is 4.74 Å². The van der Waals surface area contributed by atoms with Crippen molar-refractivity contribution >= 4 is 11.3 Å². The van der Waals surface area contributed by atoms with Gasteiger partial charge in [-0.25, -0.2) is 9.37 Å². The number of hydrogen-bond acceptors (Lipinski definition) is 4. The van der Waals surface area contributed by atoms with Crippen LogP contribution in [0.3, 0.4) is 0 Å². The van der Waals surface area contributed by atoms with Gasteiger partial charge < -0.3 is 9.84 Å². The molecule has 3 rings (SSSR count). The number of benzene rings is 1. The number of rotatable bonds is 1. The van der Waals surface area contributed by atoms with Crippen LogP contribution in [0, 0.1) is 12.7 Å². The Morgan fingerprint density at radius 1 is 1.50 bits per heavy atom. The Balaban J connectivity index is 1.95. The predicted molar refractivity (Wildman–Crippen MR) is 66.2 cm³/mol. The zero-order valence-corrected chi connectivity index (χ0v) is 10.6. The van der Waals surface area contributed by atoms with Gasteiger partial charge in [0.1, 0.15) is 16.6 Å². The summed E-state index contributed by atoms with van der Waals surface area (Å²) in [6.07, 6.45) is -0.484. The van der Waals surface area contributed by atoms with Gasteiger partial charge in [0.25, 0.3) is 0 Å². The summed E-state index contributed by atoms with van der Waals surface area (Å²) in [5.74, 6) is 0.0449. The van der Waals surface area contributed by atoms with Crippen molar-refractivity contribution in [3.8, 4) is 5.75 Å². The molecule has 2 atom stereocenters. The minimum Gasteiger partial charge on any atom is -0.483 e. The van der Waals surface area contributed by atoms with Gasteiger partial charge in [-0.2, -0.15) is 0 Å². The summed E-state index contributed by atoms with van der Waals surface area (Å²) >= 11 is 1.50. The average Bonchev–Trinajstić information content (AvgIpc) is 2.75. The largest absolute Gasteiger partial charge is 0.483 e. The van der Waals surface area contributed by atoms with Crippen molar-refractivity contribution in [3.63, 3.8) is 0 Å². The Morgan fingerprint density at radius 2 is 2.33 bits per heavy atom. The van der Waals surface area contributed by atoms with Crippen molar-refractivity contribution in [2.75, 3.05) is 0 Å². The normalized spacial score (nSPS) is 22.4. The molecule has 0 aliphatic carbocycles. The summed E-state index contributed by atoms with van der Waals surface area (Å²) in [4.78, 5) is 4.35. The number of nitrogens with zero attached hydrogens (tertiary/aromatic N) is 1. The van der Waals surface area contributed by atoms with Gasteiger partial charge in [-0.15, -0.1) is 11.3 Å². The van der Waals surface area contributed by atoms with E-state index in [2.05, 4.69) is 4.98 Å². The third-order valence-electron chi connectivity index (χ3n) is 2.95. The van der Waals surface area contributed by atoms with E-state index in [1.165, 1.54) is 23.5 Å². The Hall–Kier alpha value is -1.46. The van der Waals surface area contributed by atoms with Crippen LogP contribution >= 0.6 is 11.3 Å². The number of ether oxygens (including phenoxy) is 1. The maximum Gasteiger partial charge on any atom is 0.153 e. The Morgan fingerprint density at radius 3 is 3.06 bits per heavy atom. The Bertz CT molecular complexity index is 584. The van der Waals surface area contributed by atoms with Crippen molar-refractivity contribution in [2.45, 2.75) is 25.6 Å². The summed E-state index contributed by atoms with van der Waals surface area (Å²) < 4.78 is 18.9. The molecular formula is C13H12FNO2S. The summed E-state index contributed by atoms with van der Waals surface area (Å²) in [6, 6.07) is 4.21. The molecule has 0 spiro atoms. The first-order valence-electron chi connectivity index (χ1n) is 5.69. The number of aryl methyl sites for hydroxylation is 1. The summed E-state index contributed by atoms with van der Waals surface area (Å²) in [7, 11) is 0. The monoisotopic (exact) mass is 265 g/mol. The third kappa shape index (κ3) is 2.00. The Labute approximate surface area is 108 Å². The van der Waals surface area contributed by atoms with E-state index >= 15 is 0 Å². The highest BCUT2D eigenvalue weighted by molar-refractivity contribution is 7.09. The molecule has 1 aliphatic rings. The van der Waals surface area contributed by atoms with Gasteiger partial charge >= 0.3 is 0 Å². The average molecular weight is 265 g/mol. The van der Waals surface area contributed by atoms with E-state index < -0.39 is 6.10 Å². The van der Waals surface area contributed by atoms with Crippen LogP contribution in [-0.2, 0) is 0 Å². The fourth-order valence-corrected chi connectivity index (χ4v) is 2.92. The smallest absolute Gasteiger partial charge is 0.153 e. The zero-order valence-electron chi connectivity index (χ0n) is 9.76. The molecule has 3 nitrogen and oxygen atoms in total. The standard InChI is InChI=1S/C13H12FNO2S/c1-7-6-18-13(15-7)12-5-10(16)9-3-2-8(14)4-11(9)17-12/h2-4,6,10,12,16H,5H2,1H3/t10-,12?/m0/s1. The lowest BCUT2D eigenvalue weighted by molar-refractivity contribution is 0.0652. The summed E-state index contributed by atoms with van der Waals surface area (Å²) in [5, 5.41) is 12.8. The first kappa shape index (κ1) is 11.6. The number of thiazole rings is 1. The van der Waals surface area contributed by atoms with Crippen LogP contribution in [0.4, 0.5) is 4.39 Å². The van der Waals surface area contributed by atoms with Crippen LogP contribution in [0.15, 0.2) is 23.6 Å². The number of halogens is 1. The number of aromatic nitrogens is 1. The topological polar surface area (TPSA) is 42.4 Å². The second-order valence-corrected chi connectivity index (χ2v) is 5.26. The van der Waals surface area contributed by atoms with E-state index in [0.717, 1.165) is 10.7 Å². The SMILES string of the molecule is Cc1csc(C2C[C@H](O)c3ccc(F)cc3O2)n1. The number of hydrogen-bond donors (Lipinski definition) is 1. The van der Waals surface area contributed by atoms with E-state index in [1.54, 1.807) is 6.07 Å². The van der Waals surface area contributed by atoms with Crippen molar-refractivity contribution in [3.05, 3.63) is 45.7 Å². The van der Waals surface area contributed by atoms with Gasteiger partial charge in [0.15, 0.2) is 6.10 Å². The van der Waals surface area contributed by atoms with Crippen LogP contribution in [0.2, 0.25) is 0 Å². The predicted octanol–water partition coefficient (Wildman–Crippen LogP) is 3.15. The summed E-state index contributed by atoms with van der Waals surface area (Å²) in [5.41, 5.74) is 1.57. The molecule has 0 amide bonds. The Kier molecular flexibility index (Phi) is 2.80. The first-order chi connectivity index (χ1) is 8.63. The van der Waals surface area contributed by atoms with Gasteiger partial charge in [0, 0.05) is 29.1 Å². The molecule has 1 unspecified atom stereocenters. The van der Waals surface area contributed by atoms with E-state index in [-0.39, 0.29) is 11.9 Å². The second kappa shape index (κ2) is 4.33. The quantitative estimate of drug-likeness (QED) is 0.861. The van der Waals surface area contributed by atoms with Crippen LogP contribution in [0.1, 0.15) is 34.9 Å². The van der Waals surface area contributed by atoms with Gasteiger partial charge in [-0.3, -0.25) is 0 Å². The van der Waals surface area contributed by atoms with Gasteiger partial charge in [0.05, 0.1) is 6.10 Å². The third-order valence-corrected chi connectivity index (χ3v) is 4.01. The number of aliphatic hydroxyl groups is 1. The molecule has 1 aromatic heterocycles. The highest BCUT2D eigenvalue weighted by Crippen LogP contribution is 2.41. The van der Waals surface area contributed by atoms with E-state index in [1.807, 2.05) is 12.3 Å². The van der Waals surface area contributed by atoms with Crippen molar-refractivity contribution in [1.29, 1.82) is 0 Å². The van der Waals surface area contributed by atoms with Gasteiger partial charge in [-0.05, 0) is 19.1 Å². The fourth-order valence-electron chi connectivity index (χ4n) is 2.09. The van der Waals surface area contributed by atoms with Crippen molar-refractivity contribution in [2.24, 2.45) is 0 Å². The lowest BCUT2D eigenvalue weighted by atomic mass is 9.99. The molecule has 2 aromatic rings. The highest BCUT2D eigenvalue weighted by Gasteiger charge is 2.29.